The van der Waals surface area contributed by atoms with Crippen LogP contribution in [0.25, 0.3) is 0 Å². The van der Waals surface area contributed by atoms with Crippen molar-refractivity contribution in [2.24, 2.45) is 0 Å². The first kappa shape index (κ1) is 13.7. The molecule has 18 heavy (non-hydrogen) atoms. The van der Waals surface area contributed by atoms with Gasteiger partial charge in [0.05, 0.1) is 13.7 Å². The summed E-state index contributed by atoms with van der Waals surface area (Å²) in [6.07, 6.45) is 3.62. The first-order valence-corrected chi connectivity index (χ1v) is 6.72. The lowest BCUT2D eigenvalue weighted by atomic mass is 9.93. The standard InChI is InChI=1S/C14H20ClNO2/c1-17-9-10-7-11(15)8-13(18-2)14(10)12-5-3-4-6-16-12/h7-8,12,16H,3-6,9H2,1-2H3. The van der Waals surface area contributed by atoms with E-state index in [2.05, 4.69) is 5.32 Å². The lowest BCUT2D eigenvalue weighted by Gasteiger charge is -2.27. The number of hydrogen-bond donors (Lipinski definition) is 1. The SMILES string of the molecule is COCc1cc(Cl)cc(OC)c1C1CCCCN1. The number of nitrogens with one attached hydrogen (secondary N) is 1. The molecule has 1 fully saturated rings. The number of rotatable bonds is 4. The number of benzene rings is 1. The minimum absolute atomic E-state index is 0.344. The van der Waals surface area contributed by atoms with E-state index in [4.69, 9.17) is 21.1 Å². The number of methoxy groups -OCH3 is 2. The van der Waals surface area contributed by atoms with E-state index in [0.717, 1.165) is 24.3 Å². The van der Waals surface area contributed by atoms with Gasteiger partial charge in [-0.05, 0) is 37.1 Å². The fourth-order valence-corrected chi connectivity index (χ4v) is 2.82. The summed E-state index contributed by atoms with van der Waals surface area (Å²) < 4.78 is 10.8. The normalized spacial score (nSPS) is 19.8. The fourth-order valence-electron chi connectivity index (χ4n) is 2.58. The van der Waals surface area contributed by atoms with Crippen LogP contribution in [0.15, 0.2) is 12.1 Å². The van der Waals surface area contributed by atoms with Gasteiger partial charge < -0.3 is 14.8 Å². The maximum absolute atomic E-state index is 6.12. The van der Waals surface area contributed by atoms with Crippen molar-refractivity contribution in [1.29, 1.82) is 0 Å². The van der Waals surface area contributed by atoms with Gasteiger partial charge in [-0.2, -0.15) is 0 Å². The average Bonchev–Trinajstić information content (AvgIpc) is 2.39. The molecule has 1 aromatic carbocycles. The number of ether oxygens (including phenoxy) is 2. The van der Waals surface area contributed by atoms with E-state index in [-0.39, 0.29) is 0 Å². The molecule has 1 aliphatic heterocycles. The van der Waals surface area contributed by atoms with Crippen LogP contribution >= 0.6 is 11.6 Å². The third-order valence-electron chi connectivity index (χ3n) is 3.37. The van der Waals surface area contributed by atoms with Crippen LogP contribution in [0.4, 0.5) is 0 Å². The smallest absolute Gasteiger partial charge is 0.125 e. The van der Waals surface area contributed by atoms with Crippen LogP contribution in [0, 0.1) is 0 Å². The summed E-state index contributed by atoms with van der Waals surface area (Å²) in [5, 5.41) is 4.24. The molecule has 1 unspecified atom stereocenters. The van der Waals surface area contributed by atoms with Gasteiger partial charge in [0.1, 0.15) is 5.75 Å². The van der Waals surface area contributed by atoms with Crippen LogP contribution < -0.4 is 10.1 Å². The molecule has 1 heterocycles. The van der Waals surface area contributed by atoms with Gasteiger partial charge in [0.15, 0.2) is 0 Å². The lowest BCUT2D eigenvalue weighted by Crippen LogP contribution is -2.28. The Balaban J connectivity index is 2.39. The number of halogens is 1. The van der Waals surface area contributed by atoms with Crippen molar-refractivity contribution in [3.05, 3.63) is 28.3 Å². The van der Waals surface area contributed by atoms with E-state index in [1.54, 1.807) is 14.2 Å². The maximum Gasteiger partial charge on any atom is 0.125 e. The van der Waals surface area contributed by atoms with Gasteiger partial charge in [-0.1, -0.05) is 18.0 Å². The largest absolute Gasteiger partial charge is 0.496 e. The molecule has 0 aliphatic carbocycles. The van der Waals surface area contributed by atoms with E-state index < -0.39 is 0 Å². The quantitative estimate of drug-likeness (QED) is 0.910. The zero-order valence-electron chi connectivity index (χ0n) is 11.0. The molecule has 0 bridgehead atoms. The van der Waals surface area contributed by atoms with Crippen molar-refractivity contribution in [2.75, 3.05) is 20.8 Å². The Kier molecular flexibility index (Phi) is 4.87. The Morgan fingerprint density at radius 1 is 1.33 bits per heavy atom. The van der Waals surface area contributed by atoms with Crippen molar-refractivity contribution in [1.82, 2.24) is 5.32 Å². The van der Waals surface area contributed by atoms with Crippen molar-refractivity contribution in [3.8, 4) is 5.75 Å². The van der Waals surface area contributed by atoms with E-state index in [9.17, 15) is 0 Å². The second kappa shape index (κ2) is 6.41. The number of hydrogen-bond acceptors (Lipinski definition) is 3. The highest BCUT2D eigenvalue weighted by Crippen LogP contribution is 2.36. The molecular weight excluding hydrogens is 250 g/mol. The molecule has 0 spiro atoms. The molecule has 4 heteroatoms. The summed E-state index contributed by atoms with van der Waals surface area (Å²) in [4.78, 5) is 0. The average molecular weight is 270 g/mol. The summed E-state index contributed by atoms with van der Waals surface area (Å²) >= 11 is 6.12. The molecular formula is C14H20ClNO2. The van der Waals surface area contributed by atoms with Gasteiger partial charge in [-0.3, -0.25) is 0 Å². The molecule has 1 saturated heterocycles. The summed E-state index contributed by atoms with van der Waals surface area (Å²) in [6, 6.07) is 4.20. The van der Waals surface area contributed by atoms with Gasteiger partial charge in [-0.15, -0.1) is 0 Å². The van der Waals surface area contributed by atoms with Gasteiger partial charge >= 0.3 is 0 Å². The van der Waals surface area contributed by atoms with Crippen LogP contribution in [0.5, 0.6) is 5.75 Å². The van der Waals surface area contributed by atoms with Gasteiger partial charge in [0.25, 0.3) is 0 Å². The summed E-state index contributed by atoms with van der Waals surface area (Å²) in [7, 11) is 3.39. The molecule has 3 nitrogen and oxygen atoms in total. The lowest BCUT2D eigenvalue weighted by molar-refractivity contribution is 0.182. The highest BCUT2D eigenvalue weighted by Gasteiger charge is 2.22. The number of piperidine rings is 1. The minimum atomic E-state index is 0.344. The molecule has 0 saturated carbocycles. The third-order valence-corrected chi connectivity index (χ3v) is 3.59. The molecule has 0 amide bonds. The zero-order chi connectivity index (χ0) is 13.0. The van der Waals surface area contributed by atoms with Crippen molar-refractivity contribution < 1.29 is 9.47 Å². The summed E-state index contributed by atoms with van der Waals surface area (Å²) in [6.45, 7) is 1.62. The van der Waals surface area contributed by atoms with Gasteiger partial charge in [-0.25, -0.2) is 0 Å². The second-order valence-corrected chi connectivity index (χ2v) is 5.05. The van der Waals surface area contributed by atoms with Gasteiger partial charge in [0.2, 0.25) is 0 Å². The van der Waals surface area contributed by atoms with Crippen molar-refractivity contribution >= 4 is 11.6 Å². The predicted octanol–water partition coefficient (Wildman–Crippen LogP) is 3.31. The van der Waals surface area contributed by atoms with Crippen LogP contribution in [-0.4, -0.2) is 20.8 Å². The Labute approximate surface area is 113 Å². The van der Waals surface area contributed by atoms with E-state index in [1.807, 2.05) is 12.1 Å². The van der Waals surface area contributed by atoms with E-state index in [0.29, 0.717) is 17.7 Å². The van der Waals surface area contributed by atoms with Crippen LogP contribution in [0.3, 0.4) is 0 Å². The third kappa shape index (κ3) is 2.97. The Morgan fingerprint density at radius 3 is 2.78 bits per heavy atom. The van der Waals surface area contributed by atoms with Crippen LogP contribution in [0.2, 0.25) is 5.02 Å². The van der Waals surface area contributed by atoms with Crippen molar-refractivity contribution in [3.63, 3.8) is 0 Å². The molecule has 2 rings (SSSR count). The topological polar surface area (TPSA) is 30.5 Å². The summed E-state index contributed by atoms with van der Waals surface area (Å²) in [5.74, 6) is 0.856. The van der Waals surface area contributed by atoms with Crippen LogP contribution in [-0.2, 0) is 11.3 Å². The first-order valence-electron chi connectivity index (χ1n) is 6.35. The van der Waals surface area contributed by atoms with Crippen molar-refractivity contribution in [2.45, 2.75) is 31.9 Å². The maximum atomic E-state index is 6.12. The molecule has 100 valence electrons. The molecule has 1 aliphatic rings. The highest BCUT2D eigenvalue weighted by atomic mass is 35.5. The first-order chi connectivity index (χ1) is 8.76. The fraction of sp³-hybridized carbons (Fsp3) is 0.571. The Morgan fingerprint density at radius 2 is 2.17 bits per heavy atom. The van der Waals surface area contributed by atoms with Gasteiger partial charge in [0, 0.05) is 23.7 Å². The monoisotopic (exact) mass is 269 g/mol. The van der Waals surface area contributed by atoms with E-state index in [1.165, 1.54) is 18.4 Å². The summed E-state index contributed by atoms with van der Waals surface area (Å²) in [5.41, 5.74) is 2.31. The second-order valence-electron chi connectivity index (χ2n) is 4.62. The van der Waals surface area contributed by atoms with Crippen LogP contribution in [0.1, 0.15) is 36.4 Å². The molecule has 1 N–H and O–H groups in total. The Bertz CT molecular complexity index is 403. The zero-order valence-corrected chi connectivity index (χ0v) is 11.7. The molecule has 1 aromatic rings. The molecule has 0 radical (unpaired) electrons. The highest BCUT2D eigenvalue weighted by molar-refractivity contribution is 6.30. The predicted molar refractivity (Wildman–Crippen MR) is 73.3 cm³/mol. The Hall–Kier alpha value is -0.770. The molecule has 1 atom stereocenters. The minimum Gasteiger partial charge on any atom is -0.496 e. The molecule has 0 aromatic heterocycles. The van der Waals surface area contributed by atoms with E-state index >= 15 is 0 Å².